The Bertz CT molecular complexity index is 890. The smallest absolute Gasteiger partial charge is 0.190 e. The molecule has 3 aromatic carbocycles. The number of rotatable bonds is 3. The van der Waals surface area contributed by atoms with Crippen molar-refractivity contribution in [3.8, 4) is 0 Å². The van der Waals surface area contributed by atoms with E-state index in [-0.39, 0.29) is 0 Å². The number of hydrogen-bond donors (Lipinski definition) is 0. The number of anilines is 1. The van der Waals surface area contributed by atoms with Gasteiger partial charge in [-0.1, -0.05) is 78.5 Å². The minimum absolute atomic E-state index is 0.805. The van der Waals surface area contributed by atoms with Gasteiger partial charge in [0.15, 0.2) is 5.17 Å². The molecule has 4 heteroatoms. The van der Waals surface area contributed by atoms with E-state index >= 15 is 0 Å². The van der Waals surface area contributed by atoms with E-state index in [0.29, 0.717) is 0 Å². The number of amidine groups is 1. The SMILES string of the molecule is c1ccc(N=C2SCC(c3ccccc3)=NN2c2ccccc2)cc1. The molecule has 0 atom stereocenters. The molecule has 0 N–H and O–H groups in total. The van der Waals surface area contributed by atoms with Gasteiger partial charge in [-0.2, -0.15) is 5.10 Å². The molecular formula is C21H17N3S. The van der Waals surface area contributed by atoms with Crippen molar-refractivity contribution < 1.29 is 0 Å². The maximum atomic E-state index is 4.90. The molecule has 0 saturated carbocycles. The lowest BCUT2D eigenvalue weighted by Gasteiger charge is -2.26. The molecule has 3 nitrogen and oxygen atoms in total. The lowest BCUT2D eigenvalue weighted by Crippen LogP contribution is -2.30. The van der Waals surface area contributed by atoms with Gasteiger partial charge in [0.05, 0.1) is 17.1 Å². The van der Waals surface area contributed by atoms with E-state index in [1.165, 1.54) is 0 Å². The van der Waals surface area contributed by atoms with Crippen LogP contribution in [0.1, 0.15) is 5.56 Å². The van der Waals surface area contributed by atoms with Crippen LogP contribution in [0.5, 0.6) is 0 Å². The average Bonchev–Trinajstić information content (AvgIpc) is 2.70. The highest BCUT2D eigenvalue weighted by atomic mass is 32.2. The topological polar surface area (TPSA) is 28.0 Å². The molecule has 0 fully saturated rings. The summed E-state index contributed by atoms with van der Waals surface area (Å²) in [5.41, 5.74) is 4.15. The van der Waals surface area contributed by atoms with E-state index in [2.05, 4.69) is 24.3 Å². The normalized spacial score (nSPS) is 15.9. The molecule has 1 aliphatic rings. The fourth-order valence-electron chi connectivity index (χ4n) is 2.59. The minimum Gasteiger partial charge on any atom is -0.223 e. The first-order valence-electron chi connectivity index (χ1n) is 8.15. The fraction of sp³-hybridized carbons (Fsp3) is 0.0476. The molecule has 4 rings (SSSR count). The zero-order valence-corrected chi connectivity index (χ0v) is 14.4. The predicted molar refractivity (Wildman–Crippen MR) is 108 cm³/mol. The highest BCUT2D eigenvalue weighted by molar-refractivity contribution is 8.14. The summed E-state index contributed by atoms with van der Waals surface area (Å²) in [4.78, 5) is 4.80. The Morgan fingerprint density at radius 3 is 2.04 bits per heavy atom. The average molecular weight is 343 g/mol. The Kier molecular flexibility index (Phi) is 4.61. The first-order chi connectivity index (χ1) is 12.4. The van der Waals surface area contributed by atoms with Crippen LogP contribution in [0.25, 0.3) is 0 Å². The fourth-order valence-corrected chi connectivity index (χ4v) is 3.52. The molecular weight excluding hydrogens is 326 g/mol. The standard InChI is InChI=1S/C21H17N3S/c1-4-10-17(11-5-1)20-16-25-21(22-18-12-6-2-7-13-18)24(23-20)19-14-8-3-9-15-19/h1-15H,16H2. The highest BCUT2D eigenvalue weighted by Gasteiger charge is 2.22. The van der Waals surface area contributed by atoms with E-state index in [1.54, 1.807) is 11.8 Å². The third kappa shape index (κ3) is 3.64. The van der Waals surface area contributed by atoms with Crippen molar-refractivity contribution in [2.45, 2.75) is 0 Å². The van der Waals surface area contributed by atoms with Gasteiger partial charge in [0, 0.05) is 5.75 Å². The van der Waals surface area contributed by atoms with Crippen LogP contribution in [0.4, 0.5) is 11.4 Å². The van der Waals surface area contributed by atoms with Crippen LogP contribution in [0.15, 0.2) is 101 Å². The van der Waals surface area contributed by atoms with Crippen molar-refractivity contribution in [2.24, 2.45) is 10.1 Å². The van der Waals surface area contributed by atoms with Gasteiger partial charge in [-0.05, 0) is 29.8 Å². The number of para-hydroxylation sites is 2. The Morgan fingerprint density at radius 1 is 0.760 bits per heavy atom. The molecule has 0 radical (unpaired) electrons. The number of benzene rings is 3. The van der Waals surface area contributed by atoms with E-state index in [0.717, 1.165) is 33.6 Å². The number of thioether (sulfide) groups is 1. The van der Waals surface area contributed by atoms with Crippen LogP contribution < -0.4 is 5.01 Å². The maximum Gasteiger partial charge on any atom is 0.190 e. The van der Waals surface area contributed by atoms with Gasteiger partial charge in [0.2, 0.25) is 0 Å². The van der Waals surface area contributed by atoms with Crippen LogP contribution in [-0.2, 0) is 0 Å². The van der Waals surface area contributed by atoms with Crippen LogP contribution >= 0.6 is 11.8 Å². The Labute approximate surface area is 151 Å². The Hall–Kier alpha value is -2.85. The first-order valence-corrected chi connectivity index (χ1v) is 9.13. The molecule has 0 spiro atoms. The zero-order chi connectivity index (χ0) is 16.9. The summed E-state index contributed by atoms with van der Waals surface area (Å²) in [6.07, 6.45) is 0. The van der Waals surface area contributed by atoms with Crippen LogP contribution in [0.3, 0.4) is 0 Å². The molecule has 1 heterocycles. The van der Waals surface area contributed by atoms with Gasteiger partial charge in [-0.25, -0.2) is 10.0 Å². The van der Waals surface area contributed by atoms with Crippen LogP contribution in [0.2, 0.25) is 0 Å². The number of hydrazone groups is 1. The summed E-state index contributed by atoms with van der Waals surface area (Å²) in [6.45, 7) is 0. The van der Waals surface area contributed by atoms with Gasteiger partial charge < -0.3 is 0 Å². The molecule has 0 unspecified atom stereocenters. The third-order valence-electron chi connectivity index (χ3n) is 3.83. The zero-order valence-electron chi connectivity index (χ0n) is 13.6. The molecule has 0 bridgehead atoms. The summed E-state index contributed by atoms with van der Waals surface area (Å²) in [6, 6.07) is 30.5. The molecule has 3 aromatic rings. The van der Waals surface area contributed by atoms with Gasteiger partial charge in [-0.3, -0.25) is 0 Å². The van der Waals surface area contributed by atoms with Crippen molar-refractivity contribution >= 4 is 34.0 Å². The molecule has 122 valence electrons. The van der Waals surface area contributed by atoms with Gasteiger partial charge in [0.25, 0.3) is 0 Å². The maximum absolute atomic E-state index is 4.90. The molecule has 0 aliphatic carbocycles. The Morgan fingerprint density at radius 2 is 1.36 bits per heavy atom. The van der Waals surface area contributed by atoms with Crippen LogP contribution in [-0.4, -0.2) is 16.6 Å². The Balaban J connectivity index is 1.76. The monoisotopic (exact) mass is 343 g/mol. The van der Waals surface area contributed by atoms with E-state index in [1.807, 2.05) is 71.7 Å². The van der Waals surface area contributed by atoms with E-state index in [4.69, 9.17) is 10.1 Å². The first kappa shape index (κ1) is 15.7. The van der Waals surface area contributed by atoms with Crippen molar-refractivity contribution in [1.29, 1.82) is 0 Å². The second-order valence-electron chi connectivity index (χ2n) is 5.58. The molecule has 1 aliphatic heterocycles. The van der Waals surface area contributed by atoms with E-state index < -0.39 is 0 Å². The van der Waals surface area contributed by atoms with Crippen molar-refractivity contribution in [2.75, 3.05) is 10.8 Å². The summed E-state index contributed by atoms with van der Waals surface area (Å²) in [5, 5.41) is 7.72. The van der Waals surface area contributed by atoms with Crippen molar-refractivity contribution in [3.05, 3.63) is 96.6 Å². The quantitative estimate of drug-likeness (QED) is 0.643. The van der Waals surface area contributed by atoms with Gasteiger partial charge in [0.1, 0.15) is 0 Å². The highest BCUT2D eigenvalue weighted by Crippen LogP contribution is 2.28. The number of aliphatic imine (C=N–C) groups is 1. The molecule has 0 saturated heterocycles. The summed E-state index contributed by atoms with van der Waals surface area (Å²) in [7, 11) is 0. The van der Waals surface area contributed by atoms with Crippen molar-refractivity contribution in [3.63, 3.8) is 0 Å². The predicted octanol–water partition coefficient (Wildman–Crippen LogP) is 5.33. The summed E-state index contributed by atoms with van der Waals surface area (Å²) >= 11 is 1.71. The molecule has 25 heavy (non-hydrogen) atoms. The van der Waals surface area contributed by atoms with Crippen LogP contribution in [0, 0.1) is 0 Å². The van der Waals surface area contributed by atoms with Crippen molar-refractivity contribution in [1.82, 2.24) is 0 Å². The molecule has 0 amide bonds. The lowest BCUT2D eigenvalue weighted by molar-refractivity contribution is 1.13. The van der Waals surface area contributed by atoms with E-state index in [9.17, 15) is 0 Å². The second kappa shape index (κ2) is 7.36. The lowest BCUT2D eigenvalue weighted by atomic mass is 10.1. The molecule has 0 aromatic heterocycles. The largest absolute Gasteiger partial charge is 0.223 e. The minimum atomic E-state index is 0.805. The third-order valence-corrected chi connectivity index (χ3v) is 4.77. The summed E-state index contributed by atoms with van der Waals surface area (Å²) in [5.74, 6) is 0.805. The van der Waals surface area contributed by atoms with Gasteiger partial charge in [-0.15, -0.1) is 0 Å². The van der Waals surface area contributed by atoms with Gasteiger partial charge >= 0.3 is 0 Å². The summed E-state index contributed by atoms with van der Waals surface area (Å²) < 4.78 is 0. The number of hydrogen-bond acceptors (Lipinski definition) is 3. The second-order valence-corrected chi connectivity index (χ2v) is 6.52. The number of nitrogens with zero attached hydrogens (tertiary/aromatic N) is 3.